The Hall–Kier alpha value is -1.35. The Morgan fingerprint density at radius 1 is 1.22 bits per heavy atom. The first-order valence-corrected chi connectivity index (χ1v) is 8.91. The molecule has 23 heavy (non-hydrogen) atoms. The van der Waals surface area contributed by atoms with Crippen molar-refractivity contribution in [3.05, 3.63) is 34.9 Å². The third-order valence-electron chi connectivity index (χ3n) is 5.68. The molecule has 2 aliphatic rings. The first-order chi connectivity index (χ1) is 11.0. The highest BCUT2D eigenvalue weighted by Gasteiger charge is 2.42. The van der Waals surface area contributed by atoms with E-state index in [9.17, 15) is 9.59 Å². The molecule has 4 atom stereocenters. The SMILES string of the molecule is C[C@H](c1ccccc1Cl)N(C)C(=O)C1C[C@H]2CCC[C@@H](C1)C2=O. The van der Waals surface area contributed by atoms with Crippen molar-refractivity contribution in [2.45, 2.75) is 45.1 Å². The molecule has 0 radical (unpaired) electrons. The molecular formula is C19H24ClNO2. The largest absolute Gasteiger partial charge is 0.339 e. The molecular weight excluding hydrogens is 310 g/mol. The first kappa shape index (κ1) is 16.5. The van der Waals surface area contributed by atoms with Gasteiger partial charge in [-0.15, -0.1) is 0 Å². The summed E-state index contributed by atoms with van der Waals surface area (Å²) in [6, 6.07) is 7.60. The molecule has 2 aliphatic carbocycles. The smallest absolute Gasteiger partial charge is 0.225 e. The summed E-state index contributed by atoms with van der Waals surface area (Å²) in [6.45, 7) is 2.01. The number of ketones is 1. The van der Waals surface area contributed by atoms with Crippen LogP contribution < -0.4 is 0 Å². The zero-order valence-electron chi connectivity index (χ0n) is 13.8. The number of hydrogen-bond acceptors (Lipinski definition) is 2. The summed E-state index contributed by atoms with van der Waals surface area (Å²) in [7, 11) is 1.85. The minimum atomic E-state index is -0.0614. The Bertz CT molecular complexity index is 599. The van der Waals surface area contributed by atoms with Gasteiger partial charge >= 0.3 is 0 Å². The van der Waals surface area contributed by atoms with Crippen molar-refractivity contribution in [1.29, 1.82) is 0 Å². The molecule has 2 fully saturated rings. The van der Waals surface area contributed by atoms with Gasteiger partial charge in [-0.1, -0.05) is 36.2 Å². The highest BCUT2D eigenvalue weighted by atomic mass is 35.5. The number of amides is 1. The van der Waals surface area contributed by atoms with E-state index in [4.69, 9.17) is 11.6 Å². The molecule has 3 nitrogen and oxygen atoms in total. The Labute approximate surface area is 143 Å². The molecule has 0 heterocycles. The molecule has 1 aromatic carbocycles. The summed E-state index contributed by atoms with van der Waals surface area (Å²) in [4.78, 5) is 26.9. The van der Waals surface area contributed by atoms with Gasteiger partial charge in [-0.2, -0.15) is 0 Å². The average Bonchev–Trinajstić information content (AvgIpc) is 2.53. The second-order valence-corrected chi connectivity index (χ2v) is 7.45. The predicted molar refractivity (Wildman–Crippen MR) is 91.2 cm³/mol. The topological polar surface area (TPSA) is 37.4 Å². The third-order valence-corrected chi connectivity index (χ3v) is 6.03. The summed E-state index contributed by atoms with van der Waals surface area (Å²) in [5.41, 5.74) is 0.970. The number of fused-ring (bicyclic) bond motifs is 2. The molecule has 3 rings (SSSR count). The van der Waals surface area contributed by atoms with E-state index in [0.29, 0.717) is 10.8 Å². The second-order valence-electron chi connectivity index (χ2n) is 7.04. The van der Waals surface area contributed by atoms with Crippen LogP contribution in [-0.2, 0) is 9.59 Å². The van der Waals surface area contributed by atoms with E-state index in [1.807, 2.05) is 38.2 Å². The predicted octanol–water partition coefficient (Wildman–Crippen LogP) is 4.25. The van der Waals surface area contributed by atoms with Crippen LogP contribution in [0.3, 0.4) is 0 Å². The Kier molecular flexibility index (Phi) is 4.77. The van der Waals surface area contributed by atoms with Crippen LogP contribution in [0.25, 0.3) is 0 Å². The fourth-order valence-corrected chi connectivity index (χ4v) is 4.48. The zero-order chi connectivity index (χ0) is 16.6. The lowest BCUT2D eigenvalue weighted by Gasteiger charge is -2.39. The van der Waals surface area contributed by atoms with Crippen molar-refractivity contribution in [2.24, 2.45) is 17.8 Å². The molecule has 0 saturated heterocycles. The quantitative estimate of drug-likeness (QED) is 0.829. The normalized spacial score (nSPS) is 28.3. The van der Waals surface area contributed by atoms with Gasteiger partial charge in [0.25, 0.3) is 0 Å². The number of hydrogen-bond donors (Lipinski definition) is 0. The highest BCUT2D eigenvalue weighted by molar-refractivity contribution is 6.31. The monoisotopic (exact) mass is 333 g/mol. The maximum Gasteiger partial charge on any atom is 0.225 e. The van der Waals surface area contributed by atoms with Gasteiger partial charge in [-0.25, -0.2) is 0 Å². The van der Waals surface area contributed by atoms with Crippen molar-refractivity contribution in [1.82, 2.24) is 4.90 Å². The Balaban J connectivity index is 1.73. The number of nitrogens with zero attached hydrogens (tertiary/aromatic N) is 1. The number of Topliss-reactive ketones (excluding diaryl/α,β-unsaturated/α-hetero) is 1. The third kappa shape index (κ3) is 3.16. The summed E-state index contributed by atoms with van der Waals surface area (Å²) >= 11 is 6.27. The number of carbonyl (C=O) groups excluding carboxylic acids is 2. The maximum atomic E-state index is 12.9. The van der Waals surface area contributed by atoms with Crippen LogP contribution in [-0.4, -0.2) is 23.6 Å². The van der Waals surface area contributed by atoms with Crippen LogP contribution in [0.5, 0.6) is 0 Å². The van der Waals surface area contributed by atoms with Crippen LogP contribution in [0.4, 0.5) is 0 Å². The highest BCUT2D eigenvalue weighted by Crippen LogP contribution is 2.41. The molecule has 1 unspecified atom stereocenters. The van der Waals surface area contributed by atoms with Crippen LogP contribution in [0.15, 0.2) is 24.3 Å². The maximum absolute atomic E-state index is 12.9. The van der Waals surface area contributed by atoms with Gasteiger partial charge in [0.1, 0.15) is 5.78 Å². The number of rotatable bonds is 3. The van der Waals surface area contributed by atoms with Gasteiger partial charge in [0.05, 0.1) is 6.04 Å². The van der Waals surface area contributed by atoms with E-state index in [1.54, 1.807) is 4.90 Å². The first-order valence-electron chi connectivity index (χ1n) is 8.54. The number of benzene rings is 1. The van der Waals surface area contributed by atoms with Crippen LogP contribution in [0.2, 0.25) is 5.02 Å². The molecule has 0 aliphatic heterocycles. The molecule has 2 saturated carbocycles. The minimum absolute atomic E-state index is 0.0158. The molecule has 124 valence electrons. The fourth-order valence-electron chi connectivity index (χ4n) is 4.18. The Morgan fingerprint density at radius 3 is 2.43 bits per heavy atom. The second kappa shape index (κ2) is 6.64. The van der Waals surface area contributed by atoms with Gasteiger partial charge in [0.15, 0.2) is 0 Å². The Morgan fingerprint density at radius 2 is 1.83 bits per heavy atom. The molecule has 0 N–H and O–H groups in total. The summed E-state index contributed by atoms with van der Waals surface area (Å²) in [5.74, 6) is 0.766. The van der Waals surface area contributed by atoms with Gasteiger partial charge < -0.3 is 4.90 Å². The molecule has 4 heteroatoms. The van der Waals surface area contributed by atoms with Crippen LogP contribution in [0, 0.1) is 17.8 Å². The van der Waals surface area contributed by atoms with Crippen molar-refractivity contribution in [3.63, 3.8) is 0 Å². The van der Waals surface area contributed by atoms with Crippen molar-refractivity contribution >= 4 is 23.3 Å². The van der Waals surface area contributed by atoms with Crippen LogP contribution in [0.1, 0.15) is 50.6 Å². The van der Waals surface area contributed by atoms with Gasteiger partial charge in [-0.05, 0) is 44.2 Å². The molecule has 0 aromatic heterocycles. The van der Waals surface area contributed by atoms with Crippen LogP contribution >= 0.6 is 11.6 Å². The standard InChI is InChI=1S/C19H24ClNO2/c1-12(16-8-3-4-9-17(16)20)21(2)19(23)15-10-13-6-5-7-14(11-15)18(13)22/h3-4,8-9,12-15H,5-7,10-11H2,1-2H3/t12-,13-,14+,15?/m1/s1. The van der Waals surface area contributed by atoms with Crippen molar-refractivity contribution < 1.29 is 9.59 Å². The zero-order valence-corrected chi connectivity index (χ0v) is 14.6. The van der Waals surface area contributed by atoms with E-state index in [2.05, 4.69) is 0 Å². The van der Waals surface area contributed by atoms with Crippen molar-refractivity contribution in [3.8, 4) is 0 Å². The molecule has 1 aromatic rings. The number of carbonyl (C=O) groups is 2. The summed E-state index contributed by atoms with van der Waals surface area (Å²) in [6.07, 6.45) is 4.52. The van der Waals surface area contributed by atoms with Crippen molar-refractivity contribution in [2.75, 3.05) is 7.05 Å². The van der Waals surface area contributed by atoms with E-state index >= 15 is 0 Å². The van der Waals surface area contributed by atoms with E-state index in [0.717, 1.165) is 37.7 Å². The van der Waals surface area contributed by atoms with Gasteiger partial charge in [0, 0.05) is 29.8 Å². The van der Waals surface area contributed by atoms with Gasteiger partial charge in [0.2, 0.25) is 5.91 Å². The average molecular weight is 334 g/mol. The van der Waals surface area contributed by atoms with E-state index in [-0.39, 0.29) is 29.7 Å². The summed E-state index contributed by atoms with van der Waals surface area (Å²) in [5, 5.41) is 0.690. The summed E-state index contributed by atoms with van der Waals surface area (Å²) < 4.78 is 0. The number of halogens is 1. The lowest BCUT2D eigenvalue weighted by Crippen LogP contribution is -2.43. The minimum Gasteiger partial charge on any atom is -0.339 e. The lowest BCUT2D eigenvalue weighted by molar-refractivity contribution is -0.143. The van der Waals surface area contributed by atoms with E-state index < -0.39 is 0 Å². The van der Waals surface area contributed by atoms with E-state index in [1.165, 1.54) is 0 Å². The molecule has 0 spiro atoms. The molecule has 1 amide bonds. The lowest BCUT2D eigenvalue weighted by atomic mass is 9.67. The fraction of sp³-hybridized carbons (Fsp3) is 0.579. The van der Waals surface area contributed by atoms with Gasteiger partial charge in [-0.3, -0.25) is 9.59 Å². The molecule has 2 bridgehead atoms.